The maximum atomic E-state index is 14.3. The summed E-state index contributed by atoms with van der Waals surface area (Å²) in [6, 6.07) is 12.6. The van der Waals surface area contributed by atoms with Crippen LogP contribution in [0.4, 0.5) is 0 Å². The highest BCUT2D eigenvalue weighted by Gasteiger charge is 2.88. The third-order valence-electron chi connectivity index (χ3n) is 12.9. The van der Waals surface area contributed by atoms with Crippen LogP contribution >= 0.6 is 0 Å². The Morgan fingerprint density at radius 1 is 1.02 bits per heavy atom. The number of aromatic nitrogens is 2. The van der Waals surface area contributed by atoms with E-state index >= 15 is 0 Å². The van der Waals surface area contributed by atoms with E-state index in [-0.39, 0.29) is 64.6 Å². The van der Waals surface area contributed by atoms with Crippen LogP contribution in [0.5, 0.6) is 5.88 Å². The molecule has 8 atom stereocenters. The van der Waals surface area contributed by atoms with Crippen molar-refractivity contribution >= 4 is 33.3 Å². The molecule has 56 heavy (non-hydrogen) atoms. The summed E-state index contributed by atoms with van der Waals surface area (Å²) in [5.41, 5.74) is -3.50. The Balaban J connectivity index is 0.934. The van der Waals surface area contributed by atoms with Gasteiger partial charge < -0.3 is 29.2 Å². The molecule has 0 radical (unpaired) electrons. The molecule has 2 aliphatic heterocycles. The van der Waals surface area contributed by atoms with Gasteiger partial charge in [-0.1, -0.05) is 43.3 Å². The number of Topliss-reactive ketones (excluding diaryl/α,β-unsaturated/α-hetero) is 2. The van der Waals surface area contributed by atoms with Crippen LogP contribution < -0.4 is 9.34 Å². The standard InChI is InChI=1S/C39H41N2O14S/c1-21-25-14-15-26-37-20-53-39(47,30(44)28(37)36(2,3)17-16-27(37)42)38(26,29(21)43)31(25)54-35(46)23-12-10-22(11-13-23)34(45)52-19-7-18-51-32-33(41(48)55-40-32)56(49,50)24-8-5-4-6-9-24/h4-6,8-13,25-26,28,30-31,40,44,47H,1,7,14-20H2,2-3H3/q+1/t25-,26-,28+,30-,31+,37+,38-,39-/m0/s1. The number of esters is 2. The number of benzene rings is 2. The van der Waals surface area contributed by atoms with Gasteiger partial charge in [-0.2, -0.15) is 0 Å². The van der Waals surface area contributed by atoms with Gasteiger partial charge in [-0.3, -0.25) is 9.59 Å². The zero-order valence-electron chi connectivity index (χ0n) is 30.6. The Kier molecular flexibility index (Phi) is 8.83. The van der Waals surface area contributed by atoms with E-state index in [1.54, 1.807) is 6.07 Å². The topological polar surface area (TPSA) is 232 Å². The van der Waals surface area contributed by atoms with Crippen molar-refractivity contribution in [3.05, 3.63) is 82.8 Å². The smallest absolute Gasteiger partial charge is 0.404 e. The number of aromatic amines is 1. The predicted molar refractivity (Wildman–Crippen MR) is 188 cm³/mol. The summed E-state index contributed by atoms with van der Waals surface area (Å²) in [4.78, 5) is 66.8. The molecule has 2 saturated heterocycles. The minimum atomic E-state index is -4.27. The van der Waals surface area contributed by atoms with Crippen molar-refractivity contribution in [3.63, 3.8) is 0 Å². The second-order valence-electron chi connectivity index (χ2n) is 16.0. The molecule has 2 aromatic carbocycles. The summed E-state index contributed by atoms with van der Waals surface area (Å²) in [5.74, 6) is -7.27. The molecular formula is C39H41N2O14S+. The monoisotopic (exact) mass is 793 g/mol. The van der Waals surface area contributed by atoms with E-state index < -0.39 is 90.5 Å². The van der Waals surface area contributed by atoms with Gasteiger partial charge in [0.15, 0.2) is 5.78 Å². The van der Waals surface area contributed by atoms with Crippen molar-refractivity contribution in [2.75, 3.05) is 19.8 Å². The first-order valence-corrected chi connectivity index (χ1v) is 19.9. The summed E-state index contributed by atoms with van der Waals surface area (Å²) in [6.07, 6.45) is -1.29. The Hall–Kier alpha value is -4.97. The fourth-order valence-corrected chi connectivity index (χ4v) is 11.8. The first-order chi connectivity index (χ1) is 26.5. The van der Waals surface area contributed by atoms with Crippen LogP contribution in [0.2, 0.25) is 0 Å². The molecule has 6 fully saturated rings. The lowest BCUT2D eigenvalue weighted by atomic mass is 9.36. The molecule has 0 unspecified atom stereocenters. The molecule has 296 valence electrons. The van der Waals surface area contributed by atoms with Crippen LogP contribution in [0.1, 0.15) is 66.7 Å². The zero-order chi connectivity index (χ0) is 40.0. The van der Waals surface area contributed by atoms with Crippen LogP contribution in [-0.2, 0) is 33.6 Å². The largest absolute Gasteiger partial charge is 0.462 e. The summed E-state index contributed by atoms with van der Waals surface area (Å²) >= 11 is 0. The van der Waals surface area contributed by atoms with Crippen LogP contribution in [0.3, 0.4) is 0 Å². The number of nitrogens with one attached hydrogen (secondary N) is 1. The van der Waals surface area contributed by atoms with Gasteiger partial charge in [0.25, 0.3) is 9.84 Å². The van der Waals surface area contributed by atoms with Crippen LogP contribution in [0.25, 0.3) is 0 Å². The molecule has 9 rings (SSSR count). The molecule has 3 N–H and O–H groups in total. The van der Waals surface area contributed by atoms with Gasteiger partial charge in [-0.05, 0) is 82.6 Å². The van der Waals surface area contributed by atoms with Crippen LogP contribution in [0, 0.1) is 38.9 Å². The van der Waals surface area contributed by atoms with Gasteiger partial charge in [0, 0.05) is 24.7 Å². The van der Waals surface area contributed by atoms with E-state index in [2.05, 4.69) is 16.4 Å². The Bertz CT molecular complexity index is 2320. The van der Waals surface area contributed by atoms with E-state index in [1.807, 2.05) is 13.8 Å². The highest BCUT2D eigenvalue weighted by molar-refractivity contribution is 7.91. The molecule has 3 heterocycles. The maximum Gasteiger partial charge on any atom is 0.404 e. The number of fused-ring (bicyclic) bond motifs is 2. The average Bonchev–Trinajstić information content (AvgIpc) is 3.61. The number of carbonyl (C=O) groups excluding carboxylic acids is 4. The average molecular weight is 794 g/mol. The number of ketones is 2. The number of H-pyrrole nitrogens is 1. The number of rotatable bonds is 10. The number of hydrogen-bond acceptors (Lipinski definition) is 14. The minimum Gasteiger partial charge on any atom is -0.462 e. The summed E-state index contributed by atoms with van der Waals surface area (Å²) in [6.45, 7) is 7.45. The molecule has 0 amide bonds. The highest BCUT2D eigenvalue weighted by Crippen LogP contribution is 2.76. The van der Waals surface area contributed by atoms with E-state index in [0.29, 0.717) is 19.3 Å². The van der Waals surface area contributed by atoms with Crippen LogP contribution in [0.15, 0.2) is 81.3 Å². The van der Waals surface area contributed by atoms with Crippen molar-refractivity contribution in [1.82, 2.24) is 5.16 Å². The quantitative estimate of drug-likeness (QED) is 0.152. The van der Waals surface area contributed by atoms with Gasteiger partial charge in [0.05, 0.1) is 41.3 Å². The third-order valence-corrected chi connectivity index (χ3v) is 14.6. The zero-order valence-corrected chi connectivity index (χ0v) is 31.4. The van der Waals surface area contributed by atoms with Crippen molar-refractivity contribution in [3.8, 4) is 5.88 Å². The van der Waals surface area contributed by atoms with E-state index in [1.165, 1.54) is 48.5 Å². The lowest BCUT2D eigenvalue weighted by molar-refractivity contribution is -0.744. The Labute approximate surface area is 320 Å². The van der Waals surface area contributed by atoms with Gasteiger partial charge >= 0.3 is 22.8 Å². The number of carbonyl (C=O) groups is 4. The predicted octanol–water partition coefficient (Wildman–Crippen LogP) is 2.74. The molecule has 3 aromatic rings. The van der Waals surface area contributed by atoms with Crippen molar-refractivity contribution in [2.24, 2.45) is 34.0 Å². The maximum absolute atomic E-state index is 14.3. The Morgan fingerprint density at radius 2 is 1.70 bits per heavy atom. The number of sulfone groups is 1. The molecule has 4 saturated carbocycles. The lowest BCUT2D eigenvalue weighted by Crippen LogP contribution is -2.85. The first kappa shape index (κ1) is 37.9. The van der Waals surface area contributed by atoms with E-state index in [9.17, 15) is 42.7 Å². The molecule has 2 spiro atoms. The third kappa shape index (κ3) is 5.09. The summed E-state index contributed by atoms with van der Waals surface area (Å²) in [7, 11) is -4.27. The van der Waals surface area contributed by atoms with E-state index in [0.717, 1.165) is 0 Å². The highest BCUT2D eigenvalue weighted by atomic mass is 32.2. The van der Waals surface area contributed by atoms with Gasteiger partial charge in [-0.15, -0.1) is 0 Å². The Morgan fingerprint density at radius 3 is 2.39 bits per heavy atom. The second kappa shape index (κ2) is 13.0. The van der Waals surface area contributed by atoms with Crippen molar-refractivity contribution < 1.29 is 66.0 Å². The SMILES string of the molecule is C=C1C(=O)[C@]23[C@H](OC(=O)c4ccc(C(=O)OCCCOc5[nH]o[n+](=O)c5S(=O)(=O)c5ccccc5)cc4)[C@H]1CC[C@H]2[C@@]12CO[C@@]3(O)[C@@H](O)[C@@H]1C(C)(C)CCC2=O. The molecule has 1 aromatic heterocycles. The number of nitrogens with zero attached hydrogens (tertiary/aromatic N) is 1. The summed E-state index contributed by atoms with van der Waals surface area (Å²) < 4.78 is 53.1. The molecule has 4 aliphatic carbocycles. The lowest BCUT2D eigenvalue weighted by Gasteiger charge is -2.72. The van der Waals surface area contributed by atoms with Crippen LogP contribution in [-0.4, -0.2) is 85.1 Å². The molecule has 17 heteroatoms. The minimum absolute atomic E-state index is 0.0273. The number of ether oxygens (including phenoxy) is 4. The first-order valence-electron chi connectivity index (χ1n) is 18.4. The van der Waals surface area contributed by atoms with Crippen molar-refractivity contribution in [2.45, 2.75) is 73.9 Å². The number of aliphatic hydroxyl groups excluding tert-OH is 1. The molecule has 6 aliphatic rings. The van der Waals surface area contributed by atoms with Gasteiger partial charge in [0.2, 0.25) is 10.4 Å². The molecular weight excluding hydrogens is 752 g/mol. The van der Waals surface area contributed by atoms with Crippen molar-refractivity contribution in [1.29, 1.82) is 0 Å². The fourth-order valence-electron chi connectivity index (χ4n) is 10.4. The number of hydrogen-bond donors (Lipinski definition) is 3. The normalized spacial score (nSPS) is 32.7. The molecule has 4 bridgehead atoms. The van der Waals surface area contributed by atoms with Gasteiger partial charge in [-0.25, -0.2) is 18.0 Å². The van der Waals surface area contributed by atoms with E-state index in [4.69, 9.17) is 18.9 Å². The summed E-state index contributed by atoms with van der Waals surface area (Å²) in [5, 5.41) is 25.6. The number of aliphatic hydroxyl groups is 2. The fraction of sp³-hybridized carbons (Fsp3) is 0.487. The van der Waals surface area contributed by atoms with Gasteiger partial charge in [0.1, 0.15) is 23.4 Å². The molecule has 16 nitrogen and oxygen atoms in total. The second-order valence-corrected chi connectivity index (χ2v) is 17.8.